The maximum Gasteiger partial charge on any atom is 0.281 e. The Hall–Kier alpha value is -2.59. The molecule has 2 rings (SSSR count). The minimum atomic E-state index is -0.858. The van der Waals surface area contributed by atoms with Crippen LogP contribution in [0.2, 0.25) is 0 Å². The first-order valence-corrected chi connectivity index (χ1v) is 7.29. The molecule has 0 saturated heterocycles. The van der Waals surface area contributed by atoms with Gasteiger partial charge in [-0.25, -0.2) is 0 Å². The summed E-state index contributed by atoms with van der Waals surface area (Å²) in [6.45, 7) is 1.07. The number of ketones is 2. The quantitative estimate of drug-likeness (QED) is 0.633. The second kappa shape index (κ2) is 6.26. The molecule has 1 aromatic rings. The molecule has 0 bridgehead atoms. The van der Waals surface area contributed by atoms with Gasteiger partial charge in [-0.2, -0.15) is 0 Å². The molecular formula is C13H10N2O7S. The van der Waals surface area contributed by atoms with Gasteiger partial charge in [-0.05, 0) is 6.92 Å². The molecule has 23 heavy (non-hydrogen) atoms. The number of benzene rings is 1. The first kappa shape index (κ1) is 16.8. The van der Waals surface area contributed by atoms with Crippen molar-refractivity contribution in [2.75, 3.05) is 12.4 Å². The highest BCUT2D eigenvalue weighted by atomic mass is 32.2. The molecule has 10 heteroatoms. The van der Waals surface area contributed by atoms with Crippen molar-refractivity contribution in [3.8, 4) is 0 Å². The second-order valence-electron chi connectivity index (χ2n) is 4.55. The number of Topliss-reactive ketones (excluding diaryl/α,β-unsaturated/α-hetero) is 2. The van der Waals surface area contributed by atoms with E-state index < -0.39 is 43.9 Å². The van der Waals surface area contributed by atoms with E-state index in [1.54, 1.807) is 0 Å². The second-order valence-corrected chi connectivity index (χ2v) is 5.66. The fourth-order valence-corrected chi connectivity index (χ4v) is 3.08. The minimum absolute atomic E-state index is 0.0236. The lowest BCUT2D eigenvalue weighted by Gasteiger charge is -2.18. The summed E-state index contributed by atoms with van der Waals surface area (Å²) in [6, 6.07) is 1.69. The van der Waals surface area contributed by atoms with Crippen LogP contribution in [0.4, 0.5) is 11.4 Å². The third-order valence-electron chi connectivity index (χ3n) is 3.23. The number of hydrogen-bond donors (Lipinski definition) is 1. The summed E-state index contributed by atoms with van der Waals surface area (Å²) in [4.78, 5) is 45.4. The summed E-state index contributed by atoms with van der Waals surface area (Å²) in [5.74, 6) is -1.49. The normalized spacial score (nSPS) is 14.0. The summed E-state index contributed by atoms with van der Waals surface area (Å²) in [6.07, 6.45) is 0. The highest BCUT2D eigenvalue weighted by Gasteiger charge is 2.41. The molecule has 0 radical (unpaired) electrons. The number of nitrogens with zero attached hydrogens (tertiary/aromatic N) is 2. The number of hydrogen-bond acceptors (Lipinski definition) is 8. The first-order valence-electron chi connectivity index (χ1n) is 6.31. The zero-order valence-electron chi connectivity index (χ0n) is 11.8. The minimum Gasteiger partial charge on any atom is -0.396 e. The third-order valence-corrected chi connectivity index (χ3v) is 4.40. The van der Waals surface area contributed by atoms with E-state index in [0.29, 0.717) is 0 Å². The van der Waals surface area contributed by atoms with Gasteiger partial charge in [0.15, 0.2) is 5.78 Å². The van der Waals surface area contributed by atoms with Crippen molar-refractivity contribution in [1.29, 1.82) is 0 Å². The van der Waals surface area contributed by atoms with Gasteiger partial charge in [0.05, 0.1) is 21.4 Å². The summed E-state index contributed by atoms with van der Waals surface area (Å²) in [7, 11) is 0. The highest BCUT2D eigenvalue weighted by molar-refractivity contribution is 8.04. The molecule has 0 aromatic heterocycles. The summed E-state index contributed by atoms with van der Waals surface area (Å²) >= 11 is 0.882. The fraction of sp³-hybridized carbons (Fsp3) is 0.231. The van der Waals surface area contributed by atoms with Crippen LogP contribution in [0, 0.1) is 20.2 Å². The van der Waals surface area contributed by atoms with Crippen LogP contribution < -0.4 is 0 Å². The summed E-state index contributed by atoms with van der Waals surface area (Å²) in [5.41, 5.74) is -2.45. The molecule has 0 aliphatic heterocycles. The maximum absolute atomic E-state index is 12.5. The Morgan fingerprint density at radius 2 is 1.52 bits per heavy atom. The average molecular weight is 338 g/mol. The molecule has 0 saturated carbocycles. The molecular weight excluding hydrogens is 328 g/mol. The average Bonchev–Trinajstić information content (AvgIpc) is 2.51. The molecule has 0 heterocycles. The maximum atomic E-state index is 12.5. The van der Waals surface area contributed by atoms with Crippen LogP contribution in [0.3, 0.4) is 0 Å². The van der Waals surface area contributed by atoms with Crippen molar-refractivity contribution in [2.45, 2.75) is 6.92 Å². The molecule has 0 fully saturated rings. The molecule has 0 spiro atoms. The van der Waals surface area contributed by atoms with Gasteiger partial charge >= 0.3 is 0 Å². The van der Waals surface area contributed by atoms with Crippen LogP contribution in [0.5, 0.6) is 0 Å². The van der Waals surface area contributed by atoms with E-state index in [9.17, 15) is 29.8 Å². The number of thioether (sulfide) groups is 1. The Morgan fingerprint density at radius 3 is 1.96 bits per heavy atom. The SMILES string of the molecule is CC1=C(SCCO)C(=O)c2c([N+](=O)[O-])ccc([N+](=O)[O-])c2C1=O. The van der Waals surface area contributed by atoms with Gasteiger partial charge in [0.2, 0.25) is 5.78 Å². The van der Waals surface area contributed by atoms with E-state index >= 15 is 0 Å². The summed E-state index contributed by atoms with van der Waals surface area (Å²) < 4.78 is 0. The molecule has 1 aliphatic carbocycles. The zero-order valence-corrected chi connectivity index (χ0v) is 12.6. The van der Waals surface area contributed by atoms with Gasteiger partial charge in [0, 0.05) is 23.5 Å². The standard InChI is InChI=1S/C13H10N2O7S/c1-6-11(17)9-7(14(19)20)2-3-8(15(21)22)10(9)12(18)13(6)23-5-4-16/h2-3,16H,4-5H2,1H3. The summed E-state index contributed by atoms with van der Waals surface area (Å²) in [5, 5.41) is 31.1. The Bertz CT molecular complexity index is 785. The molecule has 0 amide bonds. The number of nitro benzene ring substituents is 2. The number of carbonyl (C=O) groups excluding carboxylic acids is 2. The zero-order chi connectivity index (χ0) is 17.3. The van der Waals surface area contributed by atoms with E-state index in [0.717, 1.165) is 23.9 Å². The number of fused-ring (bicyclic) bond motifs is 1. The van der Waals surface area contributed by atoms with Crippen molar-refractivity contribution in [3.63, 3.8) is 0 Å². The molecule has 0 atom stereocenters. The van der Waals surface area contributed by atoms with Crippen LogP contribution in [-0.4, -0.2) is 38.9 Å². The van der Waals surface area contributed by atoms with Crippen LogP contribution in [0.25, 0.3) is 0 Å². The van der Waals surface area contributed by atoms with E-state index in [1.165, 1.54) is 6.92 Å². The van der Waals surface area contributed by atoms with Crippen LogP contribution in [-0.2, 0) is 0 Å². The van der Waals surface area contributed by atoms with Crippen molar-refractivity contribution in [3.05, 3.63) is 54.0 Å². The molecule has 9 nitrogen and oxygen atoms in total. The predicted molar refractivity (Wildman–Crippen MR) is 80.7 cm³/mol. The lowest BCUT2D eigenvalue weighted by atomic mass is 9.87. The molecule has 1 aromatic carbocycles. The van der Waals surface area contributed by atoms with Crippen molar-refractivity contribution >= 4 is 34.7 Å². The van der Waals surface area contributed by atoms with Gasteiger partial charge in [0.1, 0.15) is 11.1 Å². The molecule has 120 valence electrons. The van der Waals surface area contributed by atoms with E-state index in [1.807, 2.05) is 0 Å². The van der Waals surface area contributed by atoms with E-state index in [-0.39, 0.29) is 22.8 Å². The topological polar surface area (TPSA) is 141 Å². The van der Waals surface area contributed by atoms with Gasteiger partial charge in [-0.3, -0.25) is 29.8 Å². The van der Waals surface area contributed by atoms with E-state index in [4.69, 9.17) is 5.11 Å². The Morgan fingerprint density at radius 1 is 1.04 bits per heavy atom. The fourth-order valence-electron chi connectivity index (χ4n) is 2.24. The van der Waals surface area contributed by atoms with Crippen LogP contribution in [0.1, 0.15) is 27.6 Å². The Kier molecular flexibility index (Phi) is 4.57. The Labute approximate surface area is 133 Å². The largest absolute Gasteiger partial charge is 0.396 e. The van der Waals surface area contributed by atoms with Crippen LogP contribution >= 0.6 is 11.8 Å². The number of nitro groups is 2. The number of aliphatic hydroxyl groups is 1. The lowest BCUT2D eigenvalue weighted by Crippen LogP contribution is -2.23. The first-order chi connectivity index (χ1) is 10.8. The number of allylic oxidation sites excluding steroid dienone is 2. The van der Waals surface area contributed by atoms with Gasteiger partial charge < -0.3 is 5.11 Å². The molecule has 1 aliphatic rings. The number of rotatable bonds is 5. The van der Waals surface area contributed by atoms with Gasteiger partial charge in [0.25, 0.3) is 11.4 Å². The van der Waals surface area contributed by atoms with Crippen molar-refractivity contribution in [1.82, 2.24) is 0 Å². The van der Waals surface area contributed by atoms with E-state index in [2.05, 4.69) is 0 Å². The van der Waals surface area contributed by atoms with Crippen molar-refractivity contribution in [2.24, 2.45) is 0 Å². The lowest BCUT2D eigenvalue weighted by molar-refractivity contribution is -0.389. The van der Waals surface area contributed by atoms with Crippen molar-refractivity contribution < 1.29 is 24.5 Å². The predicted octanol–water partition coefficient (Wildman–Crippen LogP) is 1.88. The third kappa shape index (κ3) is 2.73. The molecule has 1 N–H and O–H groups in total. The van der Waals surface area contributed by atoms with Gasteiger partial charge in [-0.15, -0.1) is 11.8 Å². The Balaban J connectivity index is 2.78. The van der Waals surface area contributed by atoms with Gasteiger partial charge in [-0.1, -0.05) is 0 Å². The smallest absolute Gasteiger partial charge is 0.281 e. The highest BCUT2D eigenvalue weighted by Crippen LogP contribution is 2.40. The molecule has 0 unspecified atom stereocenters. The monoisotopic (exact) mass is 338 g/mol. The number of aliphatic hydroxyl groups excluding tert-OH is 1. The van der Waals surface area contributed by atoms with Crippen LogP contribution in [0.15, 0.2) is 22.6 Å². The number of carbonyl (C=O) groups is 2.